The number of rotatable bonds is 8. The monoisotopic (exact) mass is 269 g/mol. The maximum absolute atomic E-state index is 11.7. The number of carboxylic acids is 1. The van der Waals surface area contributed by atoms with Crippen molar-refractivity contribution < 1.29 is 19.4 Å². The molecule has 7 nitrogen and oxygen atoms in total. The first-order valence-corrected chi connectivity index (χ1v) is 6.21. The van der Waals surface area contributed by atoms with Gasteiger partial charge in [0.1, 0.15) is 6.54 Å². The van der Waals surface area contributed by atoms with Gasteiger partial charge in [-0.3, -0.25) is 9.48 Å². The number of amides is 1. The summed E-state index contributed by atoms with van der Waals surface area (Å²) in [7, 11) is 0. The van der Waals surface area contributed by atoms with Gasteiger partial charge in [0.15, 0.2) is 12.4 Å². The molecule has 0 saturated carbocycles. The molecule has 0 unspecified atom stereocenters. The Morgan fingerprint density at radius 2 is 2.16 bits per heavy atom. The van der Waals surface area contributed by atoms with Crippen LogP contribution in [-0.4, -0.2) is 39.4 Å². The fourth-order valence-electron chi connectivity index (χ4n) is 1.56. The first kappa shape index (κ1) is 15.0. The molecular formula is C12H19N3O4. The van der Waals surface area contributed by atoms with E-state index in [9.17, 15) is 9.59 Å². The topological polar surface area (TPSA) is 93.5 Å². The van der Waals surface area contributed by atoms with Crippen LogP contribution in [0.5, 0.6) is 5.75 Å². The Balaban J connectivity index is 2.44. The molecule has 0 aliphatic rings. The van der Waals surface area contributed by atoms with Crippen LogP contribution < -0.4 is 10.1 Å². The van der Waals surface area contributed by atoms with Crippen molar-refractivity contribution in [2.24, 2.45) is 0 Å². The lowest BCUT2D eigenvalue weighted by atomic mass is 10.2. The number of hydrogen-bond acceptors (Lipinski definition) is 4. The van der Waals surface area contributed by atoms with Gasteiger partial charge in [-0.1, -0.05) is 13.8 Å². The number of carboxylic acid groups (broad SMARTS) is 1. The van der Waals surface area contributed by atoms with Crippen LogP contribution in [0, 0.1) is 0 Å². The highest BCUT2D eigenvalue weighted by Gasteiger charge is 2.10. The smallest absolute Gasteiger partial charge is 0.341 e. The number of ether oxygens (including phenoxy) is 1. The van der Waals surface area contributed by atoms with E-state index in [4.69, 9.17) is 9.84 Å². The van der Waals surface area contributed by atoms with E-state index in [1.807, 2.05) is 13.8 Å². The summed E-state index contributed by atoms with van der Waals surface area (Å²) in [6.45, 7) is 3.69. The van der Waals surface area contributed by atoms with Gasteiger partial charge in [0.25, 0.3) is 0 Å². The molecule has 0 saturated heterocycles. The molecule has 0 aromatic carbocycles. The Morgan fingerprint density at radius 3 is 2.74 bits per heavy atom. The molecule has 0 bridgehead atoms. The summed E-state index contributed by atoms with van der Waals surface area (Å²) in [5, 5.41) is 15.3. The van der Waals surface area contributed by atoms with E-state index in [0.717, 1.165) is 12.8 Å². The highest BCUT2D eigenvalue weighted by atomic mass is 16.5. The van der Waals surface area contributed by atoms with Gasteiger partial charge >= 0.3 is 5.97 Å². The fourth-order valence-corrected chi connectivity index (χ4v) is 1.56. The molecule has 2 N–H and O–H groups in total. The molecule has 1 aromatic rings. The largest absolute Gasteiger partial charge is 0.479 e. The van der Waals surface area contributed by atoms with Crippen molar-refractivity contribution in [3.8, 4) is 5.75 Å². The average Bonchev–Trinajstić information content (AvgIpc) is 2.81. The maximum Gasteiger partial charge on any atom is 0.341 e. The molecule has 0 spiro atoms. The highest BCUT2D eigenvalue weighted by Crippen LogP contribution is 2.07. The zero-order valence-corrected chi connectivity index (χ0v) is 11.1. The normalized spacial score (nSPS) is 10.5. The molecule has 1 heterocycles. The van der Waals surface area contributed by atoms with Crippen LogP contribution in [0.15, 0.2) is 12.4 Å². The quantitative estimate of drug-likeness (QED) is 0.722. The first-order chi connectivity index (χ1) is 9.05. The first-order valence-electron chi connectivity index (χ1n) is 6.21. The third-order valence-corrected chi connectivity index (χ3v) is 2.63. The van der Waals surface area contributed by atoms with Crippen molar-refractivity contribution in [1.29, 1.82) is 0 Å². The van der Waals surface area contributed by atoms with Crippen molar-refractivity contribution in [2.75, 3.05) is 6.61 Å². The Hall–Kier alpha value is -2.05. The lowest BCUT2D eigenvalue weighted by molar-refractivity contribution is -0.139. The average molecular weight is 269 g/mol. The van der Waals surface area contributed by atoms with E-state index in [0.29, 0.717) is 5.75 Å². The summed E-state index contributed by atoms with van der Waals surface area (Å²) in [6, 6.07) is 0.172. The van der Waals surface area contributed by atoms with E-state index < -0.39 is 12.6 Å². The molecule has 0 radical (unpaired) electrons. The lowest BCUT2D eigenvalue weighted by Gasteiger charge is -2.14. The number of hydrogen-bond donors (Lipinski definition) is 2. The standard InChI is InChI=1S/C12H19N3O4/c1-3-9(4-2)14-11(16)7-15-6-10(5-13-15)19-8-12(17)18/h5-6,9H,3-4,7-8H2,1-2H3,(H,14,16)(H,17,18). The molecule has 0 aliphatic carbocycles. The summed E-state index contributed by atoms with van der Waals surface area (Å²) >= 11 is 0. The van der Waals surface area contributed by atoms with Gasteiger partial charge in [0.2, 0.25) is 5.91 Å². The maximum atomic E-state index is 11.7. The zero-order chi connectivity index (χ0) is 14.3. The number of carbonyl (C=O) groups is 2. The minimum absolute atomic E-state index is 0.0902. The molecule has 7 heteroatoms. The highest BCUT2D eigenvalue weighted by molar-refractivity contribution is 5.76. The van der Waals surface area contributed by atoms with Crippen molar-refractivity contribution in [1.82, 2.24) is 15.1 Å². The van der Waals surface area contributed by atoms with E-state index >= 15 is 0 Å². The van der Waals surface area contributed by atoms with Gasteiger partial charge in [0, 0.05) is 6.04 Å². The molecule has 1 aromatic heterocycles. The van der Waals surface area contributed by atoms with Crippen LogP contribution in [-0.2, 0) is 16.1 Å². The molecule has 1 amide bonds. The number of aliphatic carboxylic acids is 1. The van der Waals surface area contributed by atoms with Gasteiger partial charge in [-0.05, 0) is 12.8 Å². The second-order valence-electron chi connectivity index (χ2n) is 4.14. The van der Waals surface area contributed by atoms with Crippen LogP contribution in [0.1, 0.15) is 26.7 Å². The fraction of sp³-hybridized carbons (Fsp3) is 0.583. The van der Waals surface area contributed by atoms with Gasteiger partial charge in [-0.15, -0.1) is 0 Å². The summed E-state index contributed by atoms with van der Waals surface area (Å²) in [5.74, 6) is -0.849. The van der Waals surface area contributed by atoms with Crippen LogP contribution in [0.3, 0.4) is 0 Å². The molecule has 0 atom stereocenters. The number of nitrogens with one attached hydrogen (secondary N) is 1. The van der Waals surface area contributed by atoms with Crippen LogP contribution in [0.4, 0.5) is 0 Å². The van der Waals surface area contributed by atoms with Crippen molar-refractivity contribution in [3.05, 3.63) is 12.4 Å². The summed E-state index contributed by atoms with van der Waals surface area (Å²) < 4.78 is 6.35. The molecule has 19 heavy (non-hydrogen) atoms. The molecule has 0 aliphatic heterocycles. The van der Waals surface area contributed by atoms with E-state index in [1.165, 1.54) is 17.1 Å². The predicted molar refractivity (Wildman–Crippen MR) is 67.9 cm³/mol. The number of carbonyl (C=O) groups excluding carboxylic acids is 1. The lowest BCUT2D eigenvalue weighted by Crippen LogP contribution is -2.36. The summed E-state index contributed by atoms with van der Waals surface area (Å²) in [6.07, 6.45) is 4.64. The van der Waals surface area contributed by atoms with Crippen molar-refractivity contribution >= 4 is 11.9 Å². The molecular weight excluding hydrogens is 250 g/mol. The Bertz CT molecular complexity index is 426. The zero-order valence-electron chi connectivity index (χ0n) is 11.1. The van der Waals surface area contributed by atoms with E-state index in [-0.39, 0.29) is 18.5 Å². The van der Waals surface area contributed by atoms with Gasteiger partial charge < -0.3 is 15.2 Å². The minimum Gasteiger partial charge on any atom is -0.479 e. The van der Waals surface area contributed by atoms with E-state index in [2.05, 4.69) is 10.4 Å². The summed E-state index contributed by atoms with van der Waals surface area (Å²) in [4.78, 5) is 22.0. The van der Waals surface area contributed by atoms with Crippen molar-refractivity contribution in [2.45, 2.75) is 39.3 Å². The van der Waals surface area contributed by atoms with Gasteiger partial charge in [0.05, 0.1) is 12.4 Å². The number of nitrogens with zero attached hydrogens (tertiary/aromatic N) is 2. The predicted octanol–water partition coefficient (Wildman–Crippen LogP) is 0.651. The Labute approximate surface area is 111 Å². The van der Waals surface area contributed by atoms with Crippen LogP contribution in [0.25, 0.3) is 0 Å². The molecule has 0 fully saturated rings. The van der Waals surface area contributed by atoms with Gasteiger partial charge in [-0.25, -0.2) is 4.79 Å². The Morgan fingerprint density at radius 1 is 1.47 bits per heavy atom. The SMILES string of the molecule is CCC(CC)NC(=O)Cn1cc(OCC(=O)O)cn1. The minimum atomic E-state index is -1.06. The third-order valence-electron chi connectivity index (χ3n) is 2.63. The molecule has 106 valence electrons. The van der Waals surface area contributed by atoms with Crippen molar-refractivity contribution in [3.63, 3.8) is 0 Å². The van der Waals surface area contributed by atoms with Crippen LogP contribution >= 0.6 is 0 Å². The van der Waals surface area contributed by atoms with Crippen LogP contribution in [0.2, 0.25) is 0 Å². The van der Waals surface area contributed by atoms with E-state index in [1.54, 1.807) is 0 Å². The number of aromatic nitrogens is 2. The van der Waals surface area contributed by atoms with Gasteiger partial charge in [-0.2, -0.15) is 5.10 Å². The third kappa shape index (κ3) is 5.41. The Kier molecular flexibility index (Phi) is 5.84. The second-order valence-corrected chi connectivity index (χ2v) is 4.14. The summed E-state index contributed by atoms with van der Waals surface area (Å²) in [5.41, 5.74) is 0. The second kappa shape index (κ2) is 7.40. The molecule has 1 rings (SSSR count).